The van der Waals surface area contributed by atoms with Crippen molar-refractivity contribution in [1.29, 1.82) is 5.26 Å². The number of nitrogens with two attached hydrogens (primary N) is 1. The van der Waals surface area contributed by atoms with Crippen molar-refractivity contribution in [2.24, 2.45) is 5.73 Å². The molecule has 2 aromatic rings. The number of hydrogen-bond acceptors (Lipinski definition) is 3. The Labute approximate surface area is 131 Å². The van der Waals surface area contributed by atoms with Crippen molar-refractivity contribution >= 4 is 18.1 Å². The molecule has 1 atom stereocenters. The van der Waals surface area contributed by atoms with Crippen molar-refractivity contribution in [2.75, 3.05) is 18.0 Å². The molecule has 1 aliphatic rings. The van der Waals surface area contributed by atoms with Crippen LogP contribution < -0.4 is 10.6 Å². The van der Waals surface area contributed by atoms with E-state index in [2.05, 4.69) is 29.2 Å². The highest BCUT2D eigenvalue weighted by Crippen LogP contribution is 2.29. The predicted octanol–water partition coefficient (Wildman–Crippen LogP) is 3.18. The van der Waals surface area contributed by atoms with E-state index in [4.69, 9.17) is 5.73 Å². The van der Waals surface area contributed by atoms with Gasteiger partial charge in [0.15, 0.2) is 0 Å². The lowest BCUT2D eigenvalue weighted by Crippen LogP contribution is -2.26. The molecule has 2 N–H and O–H groups in total. The van der Waals surface area contributed by atoms with Crippen LogP contribution in [0.2, 0.25) is 0 Å². The first kappa shape index (κ1) is 15.4. The van der Waals surface area contributed by atoms with Crippen LogP contribution in [0.25, 0.3) is 11.1 Å². The Hall–Kier alpha value is -2.02. The number of benzene rings is 2. The molecule has 0 aromatic heterocycles. The molecular weight excluding hydrogens is 282 g/mol. The van der Waals surface area contributed by atoms with Crippen molar-refractivity contribution in [3.05, 3.63) is 54.1 Å². The maximum absolute atomic E-state index is 9.41. The van der Waals surface area contributed by atoms with E-state index in [9.17, 15) is 5.26 Å². The quantitative estimate of drug-likeness (QED) is 0.926. The van der Waals surface area contributed by atoms with Gasteiger partial charge in [0, 0.05) is 19.1 Å². The van der Waals surface area contributed by atoms with Crippen LogP contribution in [-0.2, 0) is 0 Å². The first-order chi connectivity index (χ1) is 9.78. The van der Waals surface area contributed by atoms with E-state index in [1.54, 1.807) is 0 Å². The summed E-state index contributed by atoms with van der Waals surface area (Å²) in [4.78, 5) is 2.21. The lowest BCUT2D eigenvalue weighted by molar-refractivity contribution is 0.752. The molecule has 0 radical (unpaired) electrons. The normalized spacial score (nSPS) is 17.1. The third-order valence-corrected chi connectivity index (χ3v) is 3.79. The minimum Gasteiger partial charge on any atom is -0.369 e. The summed E-state index contributed by atoms with van der Waals surface area (Å²) >= 11 is 0. The molecule has 0 bridgehead atoms. The third kappa shape index (κ3) is 3.18. The van der Waals surface area contributed by atoms with E-state index in [1.165, 1.54) is 0 Å². The van der Waals surface area contributed by atoms with E-state index in [-0.39, 0.29) is 18.4 Å². The highest BCUT2D eigenvalue weighted by molar-refractivity contribution is 5.85. The third-order valence-electron chi connectivity index (χ3n) is 3.79. The number of halogens is 1. The molecule has 2 aromatic carbocycles. The number of hydrogen-bond donors (Lipinski definition) is 1. The van der Waals surface area contributed by atoms with Gasteiger partial charge in [0.1, 0.15) is 6.07 Å². The van der Waals surface area contributed by atoms with Gasteiger partial charge in [0.05, 0.1) is 11.3 Å². The molecule has 108 valence electrons. The number of rotatable bonds is 2. The lowest BCUT2D eigenvalue weighted by atomic mass is 10.0. The van der Waals surface area contributed by atoms with Crippen molar-refractivity contribution in [3.8, 4) is 17.2 Å². The Balaban J connectivity index is 0.00000161. The second-order valence-electron chi connectivity index (χ2n) is 5.20. The highest BCUT2D eigenvalue weighted by atomic mass is 35.5. The van der Waals surface area contributed by atoms with Crippen LogP contribution in [0, 0.1) is 11.3 Å². The highest BCUT2D eigenvalue weighted by Gasteiger charge is 2.21. The molecule has 4 heteroatoms. The Morgan fingerprint density at radius 1 is 1.10 bits per heavy atom. The SMILES string of the molecule is Cl.N#Cc1cc(-c2ccccc2)ccc1N1CCC(N)C1. The van der Waals surface area contributed by atoms with Crippen LogP contribution in [0.4, 0.5) is 5.69 Å². The molecule has 0 amide bonds. The van der Waals surface area contributed by atoms with Crippen molar-refractivity contribution in [3.63, 3.8) is 0 Å². The average molecular weight is 300 g/mol. The zero-order chi connectivity index (χ0) is 13.9. The van der Waals surface area contributed by atoms with Gasteiger partial charge < -0.3 is 10.6 Å². The molecular formula is C17H18ClN3. The molecule has 0 saturated carbocycles. The standard InChI is InChI=1S/C17H17N3.ClH/c18-11-15-10-14(13-4-2-1-3-5-13)6-7-17(15)20-9-8-16(19)12-20;/h1-7,10,16H,8-9,12,19H2;1H. The fourth-order valence-electron chi connectivity index (χ4n) is 2.72. The second kappa shape index (κ2) is 6.62. The zero-order valence-corrected chi connectivity index (χ0v) is 12.5. The van der Waals surface area contributed by atoms with E-state index in [0.29, 0.717) is 0 Å². The summed E-state index contributed by atoms with van der Waals surface area (Å²) in [5, 5.41) is 9.41. The fraction of sp³-hybridized carbons (Fsp3) is 0.235. The molecule has 0 spiro atoms. The second-order valence-corrected chi connectivity index (χ2v) is 5.20. The lowest BCUT2D eigenvalue weighted by Gasteiger charge is -2.20. The minimum absolute atomic E-state index is 0. The van der Waals surface area contributed by atoms with Gasteiger partial charge >= 0.3 is 0 Å². The van der Waals surface area contributed by atoms with Crippen LogP contribution in [-0.4, -0.2) is 19.1 Å². The van der Waals surface area contributed by atoms with Crippen molar-refractivity contribution < 1.29 is 0 Å². The van der Waals surface area contributed by atoms with E-state index < -0.39 is 0 Å². The fourth-order valence-corrected chi connectivity index (χ4v) is 2.72. The van der Waals surface area contributed by atoms with Crippen LogP contribution in [0.15, 0.2) is 48.5 Å². The van der Waals surface area contributed by atoms with E-state index >= 15 is 0 Å². The Morgan fingerprint density at radius 2 is 1.86 bits per heavy atom. The molecule has 1 unspecified atom stereocenters. The van der Waals surface area contributed by atoms with Crippen LogP contribution in [0.1, 0.15) is 12.0 Å². The molecule has 1 saturated heterocycles. The smallest absolute Gasteiger partial charge is 0.101 e. The first-order valence-electron chi connectivity index (χ1n) is 6.88. The molecule has 1 fully saturated rings. The summed E-state index contributed by atoms with van der Waals surface area (Å²) in [5.74, 6) is 0. The summed E-state index contributed by atoms with van der Waals surface area (Å²) in [6.45, 7) is 1.76. The van der Waals surface area contributed by atoms with Gasteiger partial charge in [0.25, 0.3) is 0 Å². The van der Waals surface area contributed by atoms with Gasteiger partial charge in [-0.05, 0) is 29.7 Å². The molecule has 3 nitrogen and oxygen atoms in total. The molecule has 3 rings (SSSR count). The predicted molar refractivity (Wildman–Crippen MR) is 88.6 cm³/mol. The summed E-state index contributed by atoms with van der Waals surface area (Å²) in [5.41, 5.74) is 9.88. The molecule has 21 heavy (non-hydrogen) atoms. The molecule has 1 heterocycles. The van der Waals surface area contributed by atoms with Crippen LogP contribution in [0.3, 0.4) is 0 Å². The maximum Gasteiger partial charge on any atom is 0.101 e. The summed E-state index contributed by atoms with van der Waals surface area (Å²) in [7, 11) is 0. The Morgan fingerprint density at radius 3 is 2.48 bits per heavy atom. The average Bonchev–Trinajstić information content (AvgIpc) is 2.94. The topological polar surface area (TPSA) is 53.0 Å². The summed E-state index contributed by atoms with van der Waals surface area (Å²) in [6.07, 6.45) is 0.991. The number of anilines is 1. The maximum atomic E-state index is 9.41. The van der Waals surface area contributed by atoms with Crippen molar-refractivity contribution in [2.45, 2.75) is 12.5 Å². The van der Waals surface area contributed by atoms with E-state index in [0.717, 1.165) is 41.9 Å². The zero-order valence-electron chi connectivity index (χ0n) is 11.7. The molecule has 1 aliphatic heterocycles. The monoisotopic (exact) mass is 299 g/mol. The summed E-state index contributed by atoms with van der Waals surface area (Å²) < 4.78 is 0. The summed E-state index contributed by atoms with van der Waals surface area (Å²) in [6, 6.07) is 18.7. The minimum atomic E-state index is 0. The molecule has 0 aliphatic carbocycles. The van der Waals surface area contributed by atoms with Gasteiger partial charge in [-0.25, -0.2) is 0 Å². The van der Waals surface area contributed by atoms with Crippen LogP contribution >= 0.6 is 12.4 Å². The van der Waals surface area contributed by atoms with Gasteiger partial charge in [-0.1, -0.05) is 36.4 Å². The van der Waals surface area contributed by atoms with Gasteiger partial charge in [-0.3, -0.25) is 0 Å². The van der Waals surface area contributed by atoms with Crippen LogP contribution in [0.5, 0.6) is 0 Å². The van der Waals surface area contributed by atoms with Gasteiger partial charge in [-0.2, -0.15) is 5.26 Å². The Bertz CT molecular complexity index is 649. The Kier molecular flexibility index (Phi) is 4.85. The van der Waals surface area contributed by atoms with Crippen molar-refractivity contribution in [1.82, 2.24) is 0 Å². The van der Waals surface area contributed by atoms with Gasteiger partial charge in [0.2, 0.25) is 0 Å². The largest absolute Gasteiger partial charge is 0.369 e. The van der Waals surface area contributed by atoms with Gasteiger partial charge in [-0.15, -0.1) is 12.4 Å². The first-order valence-corrected chi connectivity index (χ1v) is 6.88. The number of nitrogens with zero attached hydrogens (tertiary/aromatic N) is 2. The number of nitriles is 1. The van der Waals surface area contributed by atoms with E-state index in [1.807, 2.05) is 30.3 Å².